The smallest absolute Gasteiger partial charge is 0.436 e. The molecule has 2 fully saturated rings. The van der Waals surface area contributed by atoms with Gasteiger partial charge in [-0.2, -0.15) is 15.1 Å². The van der Waals surface area contributed by atoms with Crippen LogP contribution in [0.15, 0.2) is 30.3 Å². The molecule has 5 rings (SSSR count). The first-order valence-electron chi connectivity index (χ1n) is 14.6. The van der Waals surface area contributed by atoms with Crippen LogP contribution in [-0.2, 0) is 9.47 Å². The van der Waals surface area contributed by atoms with Crippen molar-refractivity contribution in [2.24, 2.45) is 0 Å². The number of carbonyl (C=O) groups excluding carboxylic acids is 2. The number of anilines is 4. The van der Waals surface area contributed by atoms with Gasteiger partial charge in [0.15, 0.2) is 0 Å². The molecule has 3 aromatic rings. The van der Waals surface area contributed by atoms with Crippen molar-refractivity contribution in [3.8, 4) is 0 Å². The largest absolute Gasteiger partial charge is 0.445 e. The maximum absolute atomic E-state index is 14.4. The summed E-state index contributed by atoms with van der Waals surface area (Å²) in [5.74, 6) is 0.890. The molecule has 0 unspecified atom stereocenters. The standard InChI is InChI=1S/C29H37ClFN9O4/c1-4-37-9-11-38(12-10-37)25-17-24(33-26-15-19(2)36-40(26)29(42)44-14-13-43-3)34-28(35-25)32-21-7-8-39(18-21)27(41)22-6-5-20(30)16-23(22)31/h5-6,15-17,21H,4,7-14,18H2,1-3H3,(H2,32,33,34,35)/t21-/m0/s1. The highest BCUT2D eigenvalue weighted by Crippen LogP contribution is 2.26. The Morgan fingerprint density at radius 2 is 1.89 bits per heavy atom. The van der Waals surface area contributed by atoms with Gasteiger partial charge >= 0.3 is 6.09 Å². The van der Waals surface area contributed by atoms with Crippen LogP contribution in [0.1, 0.15) is 29.4 Å². The zero-order valence-corrected chi connectivity index (χ0v) is 25.8. The number of benzene rings is 1. The summed E-state index contributed by atoms with van der Waals surface area (Å²) in [6.45, 7) is 9.48. The number of amides is 1. The Hall–Kier alpha value is -4.01. The van der Waals surface area contributed by atoms with Crippen LogP contribution >= 0.6 is 11.6 Å². The molecule has 1 atom stereocenters. The number of aryl methyl sites for hydroxylation is 1. The number of likely N-dealkylation sites (tertiary alicyclic amines) is 1. The topological polar surface area (TPSA) is 130 Å². The van der Waals surface area contributed by atoms with Gasteiger partial charge in [-0.3, -0.25) is 4.79 Å². The fraction of sp³-hybridized carbons (Fsp3) is 0.483. The Morgan fingerprint density at radius 3 is 2.61 bits per heavy atom. The summed E-state index contributed by atoms with van der Waals surface area (Å²) in [6, 6.07) is 7.46. The molecule has 0 bridgehead atoms. The van der Waals surface area contributed by atoms with Crippen molar-refractivity contribution in [2.45, 2.75) is 26.3 Å². The third-order valence-corrected chi connectivity index (χ3v) is 7.84. The van der Waals surface area contributed by atoms with E-state index in [-0.39, 0.29) is 29.8 Å². The van der Waals surface area contributed by atoms with Crippen LogP contribution in [0.4, 0.5) is 32.6 Å². The van der Waals surface area contributed by atoms with E-state index in [1.165, 1.54) is 19.2 Å². The van der Waals surface area contributed by atoms with Crippen molar-refractivity contribution in [2.75, 3.05) is 81.7 Å². The lowest BCUT2D eigenvalue weighted by molar-refractivity contribution is 0.0787. The number of nitrogens with zero attached hydrogens (tertiary/aromatic N) is 7. The first kappa shape index (κ1) is 31.4. The Kier molecular flexibility index (Phi) is 10.1. The molecule has 44 heavy (non-hydrogen) atoms. The first-order chi connectivity index (χ1) is 21.2. The van der Waals surface area contributed by atoms with Gasteiger partial charge in [0, 0.05) is 69.6 Å². The SMILES string of the molecule is CCN1CCN(c2cc(Nc3cc(C)nn3C(=O)OCCOC)nc(N[C@H]3CCN(C(=O)c4ccc(Cl)cc4F)C3)n2)CC1. The Balaban J connectivity index is 1.35. The normalized spacial score (nSPS) is 17.2. The summed E-state index contributed by atoms with van der Waals surface area (Å²) in [7, 11) is 1.53. The van der Waals surface area contributed by atoms with Crippen molar-refractivity contribution in [3.05, 3.63) is 52.4 Å². The van der Waals surface area contributed by atoms with Gasteiger partial charge in [-0.05, 0) is 38.1 Å². The van der Waals surface area contributed by atoms with Gasteiger partial charge in [0.2, 0.25) is 5.95 Å². The molecule has 0 aliphatic carbocycles. The van der Waals surface area contributed by atoms with Gasteiger partial charge in [0.25, 0.3) is 5.91 Å². The Labute approximate surface area is 260 Å². The lowest BCUT2D eigenvalue weighted by Crippen LogP contribution is -2.46. The average molecular weight is 630 g/mol. The molecule has 0 radical (unpaired) electrons. The van der Waals surface area contributed by atoms with Crippen molar-refractivity contribution in [3.63, 3.8) is 0 Å². The summed E-state index contributed by atoms with van der Waals surface area (Å²) in [5.41, 5.74) is 0.603. The zero-order chi connectivity index (χ0) is 31.2. The van der Waals surface area contributed by atoms with E-state index < -0.39 is 17.8 Å². The summed E-state index contributed by atoms with van der Waals surface area (Å²) in [5, 5.41) is 11.1. The van der Waals surface area contributed by atoms with Crippen LogP contribution in [0.3, 0.4) is 0 Å². The third kappa shape index (κ3) is 7.55. The van der Waals surface area contributed by atoms with Gasteiger partial charge in [-0.15, -0.1) is 4.68 Å². The summed E-state index contributed by atoms with van der Waals surface area (Å²) >= 11 is 5.86. The second-order valence-electron chi connectivity index (χ2n) is 10.7. The second kappa shape index (κ2) is 14.2. The number of piperazine rings is 1. The quantitative estimate of drug-likeness (QED) is 0.319. The maximum Gasteiger partial charge on any atom is 0.436 e. The highest BCUT2D eigenvalue weighted by molar-refractivity contribution is 6.30. The number of hydrogen-bond acceptors (Lipinski definition) is 11. The lowest BCUT2D eigenvalue weighted by Gasteiger charge is -2.35. The molecule has 1 amide bonds. The molecular formula is C29H37ClFN9O4. The number of aromatic nitrogens is 4. The van der Waals surface area contributed by atoms with E-state index in [0.717, 1.165) is 49.3 Å². The number of carbonyl (C=O) groups is 2. The fourth-order valence-electron chi connectivity index (χ4n) is 5.23. The molecule has 15 heteroatoms. The molecule has 0 saturated carbocycles. The molecule has 2 saturated heterocycles. The minimum Gasteiger partial charge on any atom is -0.445 e. The van der Waals surface area contributed by atoms with Crippen LogP contribution in [0, 0.1) is 12.7 Å². The molecule has 2 aromatic heterocycles. The minimum absolute atomic E-state index is 0.0151. The van der Waals surface area contributed by atoms with E-state index in [1.807, 2.05) is 6.07 Å². The van der Waals surface area contributed by atoms with Crippen molar-refractivity contribution in [1.29, 1.82) is 0 Å². The minimum atomic E-state index is -0.647. The zero-order valence-electron chi connectivity index (χ0n) is 25.1. The van der Waals surface area contributed by atoms with E-state index in [1.54, 1.807) is 17.9 Å². The summed E-state index contributed by atoms with van der Waals surface area (Å²) in [4.78, 5) is 41.4. The highest BCUT2D eigenvalue weighted by Gasteiger charge is 2.29. The molecule has 4 heterocycles. The van der Waals surface area contributed by atoms with E-state index in [0.29, 0.717) is 42.8 Å². The lowest BCUT2D eigenvalue weighted by atomic mass is 10.2. The fourth-order valence-corrected chi connectivity index (χ4v) is 5.39. The van der Waals surface area contributed by atoms with Gasteiger partial charge in [-0.25, -0.2) is 9.18 Å². The molecule has 2 aliphatic heterocycles. The van der Waals surface area contributed by atoms with Crippen LogP contribution in [0.5, 0.6) is 0 Å². The Morgan fingerprint density at radius 1 is 1.09 bits per heavy atom. The predicted octanol–water partition coefficient (Wildman–Crippen LogP) is 3.62. The van der Waals surface area contributed by atoms with E-state index >= 15 is 0 Å². The number of halogens is 2. The second-order valence-corrected chi connectivity index (χ2v) is 11.1. The number of hydrogen-bond donors (Lipinski definition) is 2. The molecule has 1 aromatic carbocycles. The van der Waals surface area contributed by atoms with Crippen molar-refractivity contribution < 1.29 is 23.5 Å². The van der Waals surface area contributed by atoms with Crippen LogP contribution in [0.2, 0.25) is 5.02 Å². The molecular weight excluding hydrogens is 593 g/mol. The summed E-state index contributed by atoms with van der Waals surface area (Å²) in [6.07, 6.45) is -0.0139. The number of likely N-dealkylation sites (N-methyl/N-ethyl adjacent to an activating group) is 1. The maximum atomic E-state index is 14.4. The molecule has 2 aliphatic rings. The van der Waals surface area contributed by atoms with Gasteiger partial charge < -0.3 is 34.8 Å². The van der Waals surface area contributed by atoms with Gasteiger partial charge in [0.1, 0.15) is 29.9 Å². The molecule has 13 nitrogen and oxygen atoms in total. The predicted molar refractivity (Wildman–Crippen MR) is 165 cm³/mol. The average Bonchev–Trinajstić information content (AvgIpc) is 3.63. The number of methoxy groups -OCH3 is 1. The monoisotopic (exact) mass is 629 g/mol. The summed E-state index contributed by atoms with van der Waals surface area (Å²) < 4.78 is 25.8. The number of ether oxygens (including phenoxy) is 2. The van der Waals surface area contributed by atoms with Crippen molar-refractivity contribution in [1.82, 2.24) is 29.5 Å². The molecule has 2 N–H and O–H groups in total. The van der Waals surface area contributed by atoms with Crippen LogP contribution < -0.4 is 15.5 Å². The van der Waals surface area contributed by atoms with Gasteiger partial charge in [0.05, 0.1) is 17.9 Å². The number of nitrogens with one attached hydrogen (secondary N) is 2. The molecule has 0 spiro atoms. The Bertz CT molecular complexity index is 1480. The third-order valence-electron chi connectivity index (χ3n) is 7.60. The van der Waals surface area contributed by atoms with E-state index in [4.69, 9.17) is 31.0 Å². The number of rotatable bonds is 10. The van der Waals surface area contributed by atoms with E-state index in [9.17, 15) is 14.0 Å². The van der Waals surface area contributed by atoms with E-state index in [2.05, 4.69) is 32.5 Å². The van der Waals surface area contributed by atoms with Gasteiger partial charge in [-0.1, -0.05) is 18.5 Å². The highest BCUT2D eigenvalue weighted by atomic mass is 35.5. The van der Waals surface area contributed by atoms with Crippen molar-refractivity contribution >= 4 is 47.0 Å². The first-order valence-corrected chi connectivity index (χ1v) is 15.0. The molecule has 236 valence electrons. The van der Waals surface area contributed by atoms with Crippen LogP contribution in [-0.4, -0.2) is 114 Å². The van der Waals surface area contributed by atoms with Crippen LogP contribution in [0.25, 0.3) is 0 Å².